The van der Waals surface area contributed by atoms with Gasteiger partial charge in [0.2, 0.25) is 0 Å². The molecule has 0 fully saturated rings. The van der Waals surface area contributed by atoms with Crippen LogP contribution in [0.5, 0.6) is 23.0 Å². The van der Waals surface area contributed by atoms with Gasteiger partial charge in [-0.15, -0.1) is 0 Å². The van der Waals surface area contributed by atoms with Crippen LogP contribution in [0.25, 0.3) is 0 Å². The molecular formula is C33H29N5O6. The molecule has 11 heteroatoms. The molecule has 0 bridgehead atoms. The maximum Gasteiger partial charge on any atom is 0.269 e. The second-order valence-corrected chi connectivity index (χ2v) is 9.86. The molecule has 0 amide bonds. The Hall–Kier alpha value is -5.65. The zero-order valence-electron chi connectivity index (χ0n) is 23.6. The molecule has 4 aromatic carbocycles. The molecule has 0 spiro atoms. The van der Waals surface area contributed by atoms with Crippen molar-refractivity contribution in [2.45, 2.75) is 26.2 Å². The lowest BCUT2D eigenvalue weighted by molar-refractivity contribution is -0.385. The maximum atomic E-state index is 10.8. The summed E-state index contributed by atoms with van der Waals surface area (Å²) in [7, 11) is 0. The van der Waals surface area contributed by atoms with Gasteiger partial charge in [0.05, 0.1) is 15.5 Å². The minimum atomic E-state index is -0.442. The monoisotopic (exact) mass is 591 g/mol. The van der Waals surface area contributed by atoms with Crippen molar-refractivity contribution >= 4 is 11.4 Å². The smallest absolute Gasteiger partial charge is 0.269 e. The third kappa shape index (κ3) is 8.68. The number of nitro groups is 2. The van der Waals surface area contributed by atoms with Crippen LogP contribution in [0.3, 0.4) is 0 Å². The summed E-state index contributed by atoms with van der Waals surface area (Å²) in [6.07, 6.45) is 1.87. The number of aromatic nitrogens is 1. The second kappa shape index (κ2) is 14.5. The summed E-state index contributed by atoms with van der Waals surface area (Å²) in [5, 5.41) is 28.4. The molecule has 2 N–H and O–H groups in total. The number of nitrogens with zero attached hydrogens (tertiary/aromatic N) is 3. The van der Waals surface area contributed by atoms with Crippen LogP contribution in [0, 0.1) is 20.2 Å². The van der Waals surface area contributed by atoms with Crippen LogP contribution in [0.15, 0.2) is 115 Å². The highest BCUT2D eigenvalue weighted by atomic mass is 16.6. The zero-order valence-corrected chi connectivity index (χ0v) is 23.6. The molecule has 44 heavy (non-hydrogen) atoms. The summed E-state index contributed by atoms with van der Waals surface area (Å²) in [5.74, 6) is 2.38. The van der Waals surface area contributed by atoms with E-state index in [1.165, 1.54) is 24.3 Å². The number of nitrogens with one attached hydrogen (secondary N) is 2. The quantitative estimate of drug-likeness (QED) is 0.102. The lowest BCUT2D eigenvalue weighted by Gasteiger charge is -2.09. The molecule has 0 aliphatic rings. The van der Waals surface area contributed by atoms with E-state index in [1.807, 2.05) is 60.8 Å². The van der Waals surface area contributed by atoms with Crippen molar-refractivity contribution in [3.8, 4) is 23.0 Å². The molecule has 11 nitrogen and oxygen atoms in total. The topological polar surface area (TPSA) is 142 Å². The number of pyridine rings is 1. The summed E-state index contributed by atoms with van der Waals surface area (Å²) in [5.41, 5.74) is 4.25. The summed E-state index contributed by atoms with van der Waals surface area (Å²) in [6, 6.07) is 31.4. The number of hydrogen-bond acceptors (Lipinski definition) is 9. The first-order chi connectivity index (χ1) is 21.4. The van der Waals surface area contributed by atoms with E-state index in [0.29, 0.717) is 49.2 Å². The molecule has 0 aliphatic carbocycles. The Morgan fingerprint density at radius 2 is 0.864 bits per heavy atom. The largest absolute Gasteiger partial charge is 0.457 e. The van der Waals surface area contributed by atoms with Crippen LogP contribution in [-0.4, -0.2) is 14.8 Å². The fraction of sp³-hybridized carbons (Fsp3) is 0.121. The van der Waals surface area contributed by atoms with E-state index in [0.717, 1.165) is 22.4 Å². The average Bonchev–Trinajstić information content (AvgIpc) is 3.04. The van der Waals surface area contributed by atoms with E-state index in [2.05, 4.69) is 21.7 Å². The Balaban J connectivity index is 0.999. The van der Waals surface area contributed by atoms with Crippen LogP contribution in [0.4, 0.5) is 11.4 Å². The number of non-ortho nitro benzene ring substituents is 2. The van der Waals surface area contributed by atoms with Crippen LogP contribution in [0.2, 0.25) is 0 Å². The lowest BCUT2D eigenvalue weighted by atomic mass is 10.2. The van der Waals surface area contributed by atoms with Crippen LogP contribution in [-0.2, 0) is 26.2 Å². The van der Waals surface area contributed by atoms with Gasteiger partial charge in [-0.1, -0.05) is 30.3 Å². The fourth-order valence-electron chi connectivity index (χ4n) is 4.24. The summed E-state index contributed by atoms with van der Waals surface area (Å²) >= 11 is 0. The third-order valence-corrected chi connectivity index (χ3v) is 6.59. The SMILES string of the molecule is O=[N+]([O-])c1ccc(Oc2ccc(CNCc3ccc(CNCc4ccc(Oc5ccc([N+](=O)[O-])cc5)cc4)nc3)cc2)cc1. The van der Waals surface area contributed by atoms with Gasteiger partial charge in [-0.2, -0.15) is 0 Å². The van der Waals surface area contributed by atoms with Crippen molar-refractivity contribution in [3.05, 3.63) is 158 Å². The first-order valence-corrected chi connectivity index (χ1v) is 13.8. The molecular weight excluding hydrogens is 562 g/mol. The van der Waals surface area contributed by atoms with Crippen molar-refractivity contribution < 1.29 is 19.3 Å². The number of benzene rings is 4. The molecule has 0 atom stereocenters. The Kier molecular flexibility index (Phi) is 9.83. The number of ether oxygens (including phenoxy) is 2. The van der Waals surface area contributed by atoms with Gasteiger partial charge in [-0.25, -0.2) is 0 Å². The van der Waals surface area contributed by atoms with Gasteiger partial charge in [0.15, 0.2) is 0 Å². The van der Waals surface area contributed by atoms with E-state index in [9.17, 15) is 20.2 Å². The van der Waals surface area contributed by atoms with Gasteiger partial charge in [0.1, 0.15) is 23.0 Å². The minimum Gasteiger partial charge on any atom is -0.457 e. The van der Waals surface area contributed by atoms with Crippen LogP contribution < -0.4 is 20.1 Å². The predicted octanol–water partition coefficient (Wildman–Crippen LogP) is 7.06. The minimum absolute atomic E-state index is 0.0228. The second-order valence-electron chi connectivity index (χ2n) is 9.86. The zero-order chi connectivity index (χ0) is 30.7. The molecule has 0 unspecified atom stereocenters. The first kappa shape index (κ1) is 29.8. The Morgan fingerprint density at radius 1 is 0.500 bits per heavy atom. The van der Waals surface area contributed by atoms with Crippen molar-refractivity contribution in [2.75, 3.05) is 0 Å². The summed E-state index contributed by atoms with van der Waals surface area (Å²) in [6.45, 7) is 2.65. The van der Waals surface area contributed by atoms with Crippen molar-refractivity contribution in [1.82, 2.24) is 15.6 Å². The lowest BCUT2D eigenvalue weighted by Crippen LogP contribution is -2.15. The predicted molar refractivity (Wildman–Crippen MR) is 165 cm³/mol. The third-order valence-electron chi connectivity index (χ3n) is 6.59. The molecule has 1 aromatic heterocycles. The molecule has 5 rings (SSSR count). The molecule has 0 radical (unpaired) electrons. The van der Waals surface area contributed by atoms with Gasteiger partial charge in [-0.3, -0.25) is 25.2 Å². The highest BCUT2D eigenvalue weighted by Gasteiger charge is 2.07. The average molecular weight is 592 g/mol. The van der Waals surface area contributed by atoms with Gasteiger partial charge >= 0.3 is 0 Å². The van der Waals surface area contributed by atoms with Crippen molar-refractivity contribution in [2.24, 2.45) is 0 Å². The Morgan fingerprint density at radius 3 is 1.25 bits per heavy atom. The highest BCUT2D eigenvalue weighted by Crippen LogP contribution is 2.25. The van der Waals surface area contributed by atoms with E-state index in [4.69, 9.17) is 9.47 Å². The number of hydrogen-bond donors (Lipinski definition) is 2. The Labute approximate surface area is 253 Å². The van der Waals surface area contributed by atoms with Crippen LogP contribution >= 0.6 is 0 Å². The standard InChI is InChI=1S/C33H29N5O6/c39-37(40)28-7-15-32(16-8-28)43-30-11-2-24(3-12-30)19-34-21-26-1-6-27(36-22-26)23-35-20-25-4-13-31(14-5-25)44-33-17-9-29(10-18-33)38(41)42/h1-18,22,34-35H,19-21,23H2. The molecule has 0 saturated carbocycles. The van der Waals surface area contributed by atoms with Gasteiger partial charge in [0, 0.05) is 56.6 Å². The normalized spacial score (nSPS) is 10.7. The van der Waals surface area contributed by atoms with E-state index in [1.54, 1.807) is 24.3 Å². The molecule has 0 saturated heterocycles. The molecule has 5 aromatic rings. The number of nitro benzene ring substituents is 2. The van der Waals surface area contributed by atoms with Gasteiger partial charge < -0.3 is 20.1 Å². The first-order valence-electron chi connectivity index (χ1n) is 13.8. The molecule has 0 aliphatic heterocycles. The van der Waals surface area contributed by atoms with Crippen molar-refractivity contribution in [1.29, 1.82) is 0 Å². The van der Waals surface area contributed by atoms with E-state index >= 15 is 0 Å². The van der Waals surface area contributed by atoms with Gasteiger partial charge in [0.25, 0.3) is 11.4 Å². The summed E-state index contributed by atoms with van der Waals surface area (Å²) in [4.78, 5) is 25.2. The van der Waals surface area contributed by atoms with E-state index < -0.39 is 9.85 Å². The molecule has 222 valence electrons. The van der Waals surface area contributed by atoms with Gasteiger partial charge in [-0.05, 0) is 71.3 Å². The molecule has 1 heterocycles. The summed E-state index contributed by atoms with van der Waals surface area (Å²) < 4.78 is 11.5. The fourth-order valence-corrected chi connectivity index (χ4v) is 4.24. The highest BCUT2D eigenvalue weighted by molar-refractivity contribution is 5.40. The van der Waals surface area contributed by atoms with Crippen molar-refractivity contribution in [3.63, 3.8) is 0 Å². The maximum absolute atomic E-state index is 10.8. The van der Waals surface area contributed by atoms with Crippen LogP contribution in [0.1, 0.15) is 22.4 Å². The van der Waals surface area contributed by atoms with E-state index in [-0.39, 0.29) is 11.4 Å². The Bertz CT molecular complexity index is 1550. The number of rotatable bonds is 14.